The minimum atomic E-state index is 0.503. The average molecular weight is 188 g/mol. The molecule has 0 aliphatic carbocycles. The van der Waals surface area contributed by atoms with Crippen molar-refractivity contribution in [1.29, 1.82) is 5.26 Å². The van der Waals surface area contributed by atoms with E-state index in [0.717, 1.165) is 5.75 Å². The summed E-state index contributed by atoms with van der Waals surface area (Å²) in [6.45, 7) is 1.03. The quantitative estimate of drug-likeness (QED) is 0.727. The Morgan fingerprint density at radius 3 is 2.57 bits per heavy atom. The fourth-order valence-electron chi connectivity index (χ4n) is 0.934. The normalized spacial score (nSPS) is 10.0. The van der Waals surface area contributed by atoms with Crippen LogP contribution < -0.4 is 10.5 Å². The van der Waals surface area contributed by atoms with Gasteiger partial charge in [-0.15, -0.1) is 0 Å². The zero-order valence-electron chi connectivity index (χ0n) is 7.81. The molecule has 0 saturated heterocycles. The molecule has 0 radical (unpaired) electrons. The Morgan fingerprint density at radius 2 is 2.00 bits per heavy atom. The summed E-state index contributed by atoms with van der Waals surface area (Å²) in [6.07, 6.45) is 3.70. The van der Waals surface area contributed by atoms with Crippen LogP contribution in [0, 0.1) is 11.3 Å². The predicted octanol–water partition coefficient (Wildman–Crippen LogP) is 1.45. The second-order valence-electron chi connectivity index (χ2n) is 2.65. The van der Waals surface area contributed by atoms with E-state index in [1.165, 1.54) is 0 Å². The van der Waals surface area contributed by atoms with E-state index in [2.05, 4.69) is 0 Å². The van der Waals surface area contributed by atoms with Gasteiger partial charge in [0.15, 0.2) is 0 Å². The van der Waals surface area contributed by atoms with Crippen molar-refractivity contribution in [3.63, 3.8) is 0 Å². The number of ether oxygens (including phenoxy) is 1. The number of nitrogens with zero attached hydrogens (tertiary/aromatic N) is 1. The Hall–Kier alpha value is -1.79. The van der Waals surface area contributed by atoms with Crippen LogP contribution in [0.2, 0.25) is 0 Å². The van der Waals surface area contributed by atoms with Crippen molar-refractivity contribution < 1.29 is 4.74 Å². The monoisotopic (exact) mass is 188 g/mol. The first kappa shape index (κ1) is 10.3. The van der Waals surface area contributed by atoms with Crippen molar-refractivity contribution in [2.45, 2.75) is 0 Å². The molecule has 0 fully saturated rings. The van der Waals surface area contributed by atoms with E-state index in [0.29, 0.717) is 18.7 Å². The summed E-state index contributed by atoms with van der Waals surface area (Å²) < 4.78 is 5.36. The standard InChI is InChI=1S/C11H12N2O/c12-7-1-2-8-14-11-5-3-10(9-13)4-6-11/h1-6H,7-8,12H2/b2-1+. The molecule has 1 aromatic rings. The van der Waals surface area contributed by atoms with E-state index in [9.17, 15) is 0 Å². The van der Waals surface area contributed by atoms with Crippen LogP contribution in [0.5, 0.6) is 5.75 Å². The summed E-state index contributed by atoms with van der Waals surface area (Å²) in [5.41, 5.74) is 5.90. The summed E-state index contributed by atoms with van der Waals surface area (Å²) in [5, 5.41) is 8.56. The molecule has 0 aromatic heterocycles. The molecule has 0 bridgehead atoms. The third-order valence-corrected chi connectivity index (χ3v) is 1.63. The van der Waals surface area contributed by atoms with E-state index in [4.69, 9.17) is 15.7 Å². The van der Waals surface area contributed by atoms with Gasteiger partial charge in [0.25, 0.3) is 0 Å². The molecule has 0 saturated carbocycles. The Balaban J connectivity index is 2.45. The highest BCUT2D eigenvalue weighted by Crippen LogP contribution is 2.11. The zero-order chi connectivity index (χ0) is 10.2. The number of nitriles is 1. The van der Waals surface area contributed by atoms with Gasteiger partial charge in [-0.05, 0) is 24.3 Å². The van der Waals surface area contributed by atoms with Gasteiger partial charge in [0.1, 0.15) is 12.4 Å². The molecule has 2 N–H and O–H groups in total. The average Bonchev–Trinajstić information content (AvgIpc) is 2.25. The molecule has 0 unspecified atom stereocenters. The number of rotatable bonds is 4. The maximum absolute atomic E-state index is 8.56. The van der Waals surface area contributed by atoms with Crippen molar-refractivity contribution >= 4 is 0 Å². The van der Waals surface area contributed by atoms with Crippen LogP contribution in [0.15, 0.2) is 36.4 Å². The van der Waals surface area contributed by atoms with Gasteiger partial charge < -0.3 is 10.5 Å². The summed E-state index contributed by atoms with van der Waals surface area (Å²) in [6, 6.07) is 9.04. The number of hydrogen-bond donors (Lipinski definition) is 1. The van der Waals surface area contributed by atoms with E-state index in [-0.39, 0.29) is 0 Å². The van der Waals surface area contributed by atoms with E-state index in [1.54, 1.807) is 24.3 Å². The molecule has 1 aromatic carbocycles. The zero-order valence-corrected chi connectivity index (χ0v) is 7.81. The van der Waals surface area contributed by atoms with Gasteiger partial charge >= 0.3 is 0 Å². The first-order valence-electron chi connectivity index (χ1n) is 4.35. The van der Waals surface area contributed by atoms with Crippen LogP contribution in [0.3, 0.4) is 0 Å². The summed E-state index contributed by atoms with van der Waals surface area (Å²) in [4.78, 5) is 0. The fourth-order valence-corrected chi connectivity index (χ4v) is 0.934. The van der Waals surface area contributed by atoms with Crippen LogP contribution >= 0.6 is 0 Å². The highest BCUT2D eigenvalue weighted by molar-refractivity contribution is 5.34. The third-order valence-electron chi connectivity index (χ3n) is 1.63. The highest BCUT2D eigenvalue weighted by atomic mass is 16.5. The molecule has 0 spiro atoms. The molecule has 14 heavy (non-hydrogen) atoms. The minimum absolute atomic E-state index is 0.503. The van der Waals surface area contributed by atoms with Crippen LogP contribution in [0.25, 0.3) is 0 Å². The lowest BCUT2D eigenvalue weighted by Gasteiger charge is -2.01. The lowest BCUT2D eigenvalue weighted by molar-refractivity contribution is 0.362. The number of hydrogen-bond acceptors (Lipinski definition) is 3. The van der Waals surface area contributed by atoms with Crippen molar-refractivity contribution in [1.82, 2.24) is 0 Å². The van der Waals surface area contributed by atoms with Crippen LogP contribution in [0.4, 0.5) is 0 Å². The largest absolute Gasteiger partial charge is 0.490 e. The molecule has 0 aliphatic heterocycles. The number of nitrogens with two attached hydrogens (primary N) is 1. The summed E-state index contributed by atoms with van der Waals surface area (Å²) in [5.74, 6) is 0.755. The van der Waals surface area contributed by atoms with E-state index in [1.807, 2.05) is 18.2 Å². The van der Waals surface area contributed by atoms with Gasteiger partial charge in [-0.2, -0.15) is 5.26 Å². The van der Waals surface area contributed by atoms with Crippen LogP contribution in [-0.4, -0.2) is 13.2 Å². The molecular formula is C11H12N2O. The Labute approximate surface area is 83.4 Å². The van der Waals surface area contributed by atoms with Gasteiger partial charge in [-0.1, -0.05) is 12.2 Å². The van der Waals surface area contributed by atoms with Gasteiger partial charge in [0.05, 0.1) is 11.6 Å². The van der Waals surface area contributed by atoms with Gasteiger partial charge in [0.2, 0.25) is 0 Å². The molecule has 0 aliphatic rings. The second-order valence-corrected chi connectivity index (χ2v) is 2.65. The van der Waals surface area contributed by atoms with Crippen molar-refractivity contribution in [2.24, 2.45) is 5.73 Å². The van der Waals surface area contributed by atoms with Gasteiger partial charge in [0, 0.05) is 6.54 Å². The first-order chi connectivity index (χ1) is 6.86. The molecule has 0 amide bonds. The Kier molecular flexibility index (Phi) is 4.25. The smallest absolute Gasteiger partial charge is 0.119 e. The van der Waals surface area contributed by atoms with Crippen molar-refractivity contribution in [3.05, 3.63) is 42.0 Å². The maximum atomic E-state index is 8.56. The maximum Gasteiger partial charge on any atom is 0.119 e. The lowest BCUT2D eigenvalue weighted by atomic mass is 10.2. The van der Waals surface area contributed by atoms with Crippen molar-refractivity contribution in [2.75, 3.05) is 13.2 Å². The molecule has 72 valence electrons. The van der Waals surface area contributed by atoms with Crippen LogP contribution in [0.1, 0.15) is 5.56 Å². The predicted molar refractivity (Wildman–Crippen MR) is 54.8 cm³/mol. The molecular weight excluding hydrogens is 176 g/mol. The number of benzene rings is 1. The molecule has 0 heterocycles. The topological polar surface area (TPSA) is 59.0 Å². The summed E-state index contributed by atoms with van der Waals surface area (Å²) in [7, 11) is 0. The fraction of sp³-hybridized carbons (Fsp3) is 0.182. The molecule has 3 heteroatoms. The Morgan fingerprint density at radius 1 is 1.29 bits per heavy atom. The van der Waals surface area contributed by atoms with Gasteiger partial charge in [-0.25, -0.2) is 0 Å². The molecule has 0 atom stereocenters. The van der Waals surface area contributed by atoms with Crippen LogP contribution in [-0.2, 0) is 0 Å². The highest BCUT2D eigenvalue weighted by Gasteiger charge is 1.92. The summed E-state index contributed by atoms with van der Waals surface area (Å²) >= 11 is 0. The SMILES string of the molecule is N#Cc1ccc(OC/C=C/CN)cc1. The second kappa shape index (κ2) is 5.79. The van der Waals surface area contributed by atoms with E-state index < -0.39 is 0 Å². The first-order valence-corrected chi connectivity index (χ1v) is 4.35. The Bertz CT molecular complexity index is 335. The third kappa shape index (κ3) is 3.30. The van der Waals surface area contributed by atoms with E-state index >= 15 is 0 Å². The molecule has 3 nitrogen and oxygen atoms in total. The minimum Gasteiger partial charge on any atom is -0.490 e. The van der Waals surface area contributed by atoms with Crippen molar-refractivity contribution in [3.8, 4) is 11.8 Å². The lowest BCUT2D eigenvalue weighted by Crippen LogP contribution is -1.97. The molecule has 1 rings (SSSR count). The van der Waals surface area contributed by atoms with Gasteiger partial charge in [-0.3, -0.25) is 0 Å².